The first-order chi connectivity index (χ1) is 7.63. The van der Waals surface area contributed by atoms with Gasteiger partial charge in [0.15, 0.2) is 0 Å². The molecule has 0 unspecified atom stereocenters. The summed E-state index contributed by atoms with van der Waals surface area (Å²) in [6, 6.07) is 6.63. The third kappa shape index (κ3) is 3.98. The van der Waals surface area contributed by atoms with E-state index in [0.29, 0.717) is 25.1 Å². The Balaban J connectivity index is 2.43. The molecule has 0 bridgehead atoms. The van der Waals surface area contributed by atoms with Gasteiger partial charge in [-0.15, -0.1) is 0 Å². The van der Waals surface area contributed by atoms with Crippen LogP contribution in [0.3, 0.4) is 0 Å². The maximum atomic E-state index is 13.3. The molecule has 0 amide bonds. The quantitative estimate of drug-likeness (QED) is 0.716. The molecule has 16 heavy (non-hydrogen) atoms. The molecule has 1 aromatic carbocycles. The Kier molecular flexibility index (Phi) is 4.92. The molecule has 0 heterocycles. The van der Waals surface area contributed by atoms with Gasteiger partial charge in [0.2, 0.25) is 0 Å². The minimum Gasteiger partial charge on any atom is -0.469 e. The normalized spacial score (nSPS) is 10.5. The number of benzene rings is 1. The van der Waals surface area contributed by atoms with Crippen LogP contribution in [0.1, 0.15) is 12.0 Å². The van der Waals surface area contributed by atoms with Crippen molar-refractivity contribution in [3.63, 3.8) is 0 Å². The van der Waals surface area contributed by atoms with Crippen LogP contribution in [0.4, 0.5) is 4.39 Å². The first-order valence-electron chi connectivity index (χ1n) is 5.12. The fraction of sp³-hybridized carbons (Fsp3) is 0.417. The molecular formula is C12H16FNO2. The number of nitrogens with zero attached hydrogens (tertiary/aromatic N) is 1. The Hall–Kier alpha value is -1.42. The number of rotatable bonds is 5. The third-order valence-corrected chi connectivity index (χ3v) is 2.32. The van der Waals surface area contributed by atoms with Gasteiger partial charge in [-0.2, -0.15) is 0 Å². The fourth-order valence-corrected chi connectivity index (χ4v) is 1.38. The van der Waals surface area contributed by atoms with E-state index in [2.05, 4.69) is 4.74 Å². The lowest BCUT2D eigenvalue weighted by atomic mass is 10.2. The maximum Gasteiger partial charge on any atom is 0.306 e. The van der Waals surface area contributed by atoms with E-state index < -0.39 is 0 Å². The molecule has 0 spiro atoms. The Bertz CT molecular complexity index is 355. The van der Waals surface area contributed by atoms with E-state index in [1.54, 1.807) is 18.2 Å². The lowest BCUT2D eigenvalue weighted by Crippen LogP contribution is -2.22. The van der Waals surface area contributed by atoms with Crippen molar-refractivity contribution in [2.24, 2.45) is 0 Å². The van der Waals surface area contributed by atoms with Gasteiger partial charge in [-0.05, 0) is 13.1 Å². The molecule has 88 valence electrons. The zero-order valence-electron chi connectivity index (χ0n) is 9.57. The van der Waals surface area contributed by atoms with E-state index in [9.17, 15) is 9.18 Å². The lowest BCUT2D eigenvalue weighted by molar-refractivity contribution is -0.140. The smallest absolute Gasteiger partial charge is 0.306 e. The van der Waals surface area contributed by atoms with E-state index in [1.165, 1.54) is 13.2 Å². The molecule has 4 heteroatoms. The van der Waals surface area contributed by atoms with Gasteiger partial charge in [-0.1, -0.05) is 18.2 Å². The largest absolute Gasteiger partial charge is 0.469 e. The summed E-state index contributed by atoms with van der Waals surface area (Å²) in [5.41, 5.74) is 0.634. The van der Waals surface area contributed by atoms with E-state index in [-0.39, 0.29) is 11.8 Å². The average molecular weight is 225 g/mol. The van der Waals surface area contributed by atoms with Crippen molar-refractivity contribution in [1.29, 1.82) is 0 Å². The van der Waals surface area contributed by atoms with Crippen molar-refractivity contribution >= 4 is 5.97 Å². The summed E-state index contributed by atoms with van der Waals surface area (Å²) in [6.07, 6.45) is 0.321. The number of ether oxygens (including phenoxy) is 1. The minimum atomic E-state index is -0.250. The molecule has 0 aliphatic heterocycles. The van der Waals surface area contributed by atoms with Crippen LogP contribution in [0.5, 0.6) is 0 Å². The summed E-state index contributed by atoms with van der Waals surface area (Å²) in [5.74, 6) is -0.465. The molecule has 0 atom stereocenters. The summed E-state index contributed by atoms with van der Waals surface area (Å²) in [7, 11) is 3.20. The Labute approximate surface area is 94.8 Å². The fourth-order valence-electron chi connectivity index (χ4n) is 1.38. The van der Waals surface area contributed by atoms with Crippen molar-refractivity contribution in [3.8, 4) is 0 Å². The third-order valence-electron chi connectivity index (χ3n) is 2.32. The van der Waals surface area contributed by atoms with Crippen LogP contribution in [-0.4, -0.2) is 31.6 Å². The van der Waals surface area contributed by atoms with E-state index in [4.69, 9.17) is 0 Å². The standard InChI is InChI=1S/C12H16FNO2/c1-14(8-7-12(15)16-2)9-10-5-3-4-6-11(10)13/h3-6H,7-9H2,1-2H3. The monoisotopic (exact) mass is 225 g/mol. The van der Waals surface area contributed by atoms with Gasteiger partial charge in [0, 0.05) is 18.7 Å². The van der Waals surface area contributed by atoms with Gasteiger partial charge in [-0.3, -0.25) is 4.79 Å². The molecule has 0 aliphatic rings. The van der Waals surface area contributed by atoms with E-state index in [0.717, 1.165) is 0 Å². The van der Waals surface area contributed by atoms with Crippen LogP contribution in [0.15, 0.2) is 24.3 Å². The Morgan fingerprint density at radius 2 is 2.12 bits per heavy atom. The highest BCUT2D eigenvalue weighted by atomic mass is 19.1. The molecule has 0 aromatic heterocycles. The summed E-state index contributed by atoms with van der Waals surface area (Å²) >= 11 is 0. The molecule has 0 radical (unpaired) electrons. The molecule has 3 nitrogen and oxygen atoms in total. The second-order valence-corrected chi connectivity index (χ2v) is 3.66. The van der Waals surface area contributed by atoms with Gasteiger partial charge in [0.25, 0.3) is 0 Å². The van der Waals surface area contributed by atoms with Crippen LogP contribution < -0.4 is 0 Å². The molecular weight excluding hydrogens is 209 g/mol. The van der Waals surface area contributed by atoms with E-state index >= 15 is 0 Å². The Morgan fingerprint density at radius 3 is 2.75 bits per heavy atom. The highest BCUT2D eigenvalue weighted by Crippen LogP contribution is 2.08. The number of methoxy groups -OCH3 is 1. The number of carbonyl (C=O) groups is 1. The Morgan fingerprint density at radius 1 is 1.44 bits per heavy atom. The number of hydrogen-bond acceptors (Lipinski definition) is 3. The maximum absolute atomic E-state index is 13.3. The second kappa shape index (κ2) is 6.23. The van der Waals surface area contributed by atoms with Gasteiger partial charge >= 0.3 is 5.97 Å². The van der Waals surface area contributed by atoms with Crippen molar-refractivity contribution in [1.82, 2.24) is 4.90 Å². The summed E-state index contributed by atoms with van der Waals surface area (Å²) in [6.45, 7) is 1.05. The van der Waals surface area contributed by atoms with Crippen LogP contribution >= 0.6 is 0 Å². The molecule has 0 saturated carbocycles. The van der Waals surface area contributed by atoms with Gasteiger partial charge < -0.3 is 9.64 Å². The van der Waals surface area contributed by atoms with Gasteiger partial charge in [0.1, 0.15) is 5.82 Å². The summed E-state index contributed by atoms with van der Waals surface area (Å²) in [5, 5.41) is 0. The summed E-state index contributed by atoms with van der Waals surface area (Å²) < 4.78 is 17.8. The first-order valence-corrected chi connectivity index (χ1v) is 5.12. The van der Waals surface area contributed by atoms with E-state index in [1.807, 2.05) is 11.9 Å². The molecule has 0 fully saturated rings. The predicted molar refractivity (Wildman–Crippen MR) is 59.4 cm³/mol. The zero-order valence-corrected chi connectivity index (χ0v) is 9.57. The molecule has 1 aromatic rings. The molecule has 0 N–H and O–H groups in total. The van der Waals surface area contributed by atoms with Crippen LogP contribution in [0.2, 0.25) is 0 Å². The summed E-state index contributed by atoms with van der Waals surface area (Å²) in [4.78, 5) is 12.8. The van der Waals surface area contributed by atoms with Gasteiger partial charge in [0.05, 0.1) is 13.5 Å². The molecule has 0 aliphatic carbocycles. The number of halogens is 1. The SMILES string of the molecule is COC(=O)CCN(C)Cc1ccccc1F. The van der Waals surface area contributed by atoms with Crippen molar-refractivity contribution in [2.75, 3.05) is 20.7 Å². The number of esters is 1. The highest BCUT2D eigenvalue weighted by Gasteiger charge is 2.07. The van der Waals surface area contributed by atoms with Crippen molar-refractivity contribution < 1.29 is 13.9 Å². The van der Waals surface area contributed by atoms with Crippen LogP contribution in [-0.2, 0) is 16.1 Å². The predicted octanol–water partition coefficient (Wildman–Crippen LogP) is 1.82. The second-order valence-electron chi connectivity index (χ2n) is 3.66. The van der Waals surface area contributed by atoms with Crippen molar-refractivity contribution in [2.45, 2.75) is 13.0 Å². The molecule has 0 saturated heterocycles. The topological polar surface area (TPSA) is 29.5 Å². The van der Waals surface area contributed by atoms with Gasteiger partial charge in [-0.25, -0.2) is 4.39 Å². The van der Waals surface area contributed by atoms with Crippen LogP contribution in [0, 0.1) is 5.82 Å². The lowest BCUT2D eigenvalue weighted by Gasteiger charge is -2.16. The molecule has 1 rings (SSSR count). The zero-order chi connectivity index (χ0) is 12.0. The number of hydrogen-bond donors (Lipinski definition) is 0. The highest BCUT2D eigenvalue weighted by molar-refractivity contribution is 5.69. The average Bonchev–Trinajstić information content (AvgIpc) is 2.29. The first kappa shape index (κ1) is 12.6. The van der Waals surface area contributed by atoms with Crippen molar-refractivity contribution in [3.05, 3.63) is 35.6 Å². The minimum absolute atomic E-state index is 0.215. The van der Waals surface area contributed by atoms with Crippen LogP contribution in [0.25, 0.3) is 0 Å². The number of carbonyl (C=O) groups excluding carboxylic acids is 1.